The number of halogens is 1. The predicted octanol–water partition coefficient (Wildman–Crippen LogP) is 3.94. The molecular weight excluding hydrogens is 400 g/mol. The van der Waals surface area contributed by atoms with Crippen LogP contribution in [0.3, 0.4) is 0 Å². The van der Waals surface area contributed by atoms with Crippen LogP contribution in [-0.2, 0) is 9.53 Å². The van der Waals surface area contributed by atoms with E-state index in [2.05, 4.69) is 26.6 Å². The Morgan fingerprint density at radius 1 is 1.16 bits per heavy atom. The van der Waals surface area contributed by atoms with Crippen molar-refractivity contribution in [2.45, 2.75) is 13.0 Å². The monoisotopic (exact) mass is 416 g/mol. The van der Waals surface area contributed by atoms with Gasteiger partial charge in [-0.25, -0.2) is 4.79 Å². The Labute approximate surface area is 160 Å². The molecule has 1 unspecified atom stereocenters. The molecule has 1 atom stereocenters. The zero-order chi connectivity index (χ0) is 17.8. The lowest BCUT2D eigenvalue weighted by Crippen LogP contribution is -2.45. The van der Waals surface area contributed by atoms with Gasteiger partial charge in [0.2, 0.25) is 0 Å². The highest BCUT2D eigenvalue weighted by atomic mass is 79.9. The first kappa shape index (κ1) is 17.6. The maximum atomic E-state index is 12.8. The lowest BCUT2D eigenvalue weighted by molar-refractivity contribution is -0.138. The molecule has 0 saturated heterocycles. The van der Waals surface area contributed by atoms with E-state index in [4.69, 9.17) is 17.0 Å². The van der Waals surface area contributed by atoms with Crippen LogP contribution in [0.25, 0.3) is 5.70 Å². The molecule has 25 heavy (non-hydrogen) atoms. The van der Waals surface area contributed by atoms with Crippen molar-refractivity contribution in [3.63, 3.8) is 0 Å². The standard InChI is InChI=1S/C19H17BrN2O2S/c1-2-24-18(23)15-16(12-8-4-3-5-9-12)21-19(25)22-17(15)13-10-6-7-11-14(13)20/h3-11,17H,2H2,1H3,(H2,21,22,25). The number of esters is 1. The molecule has 2 aromatic carbocycles. The fourth-order valence-corrected chi connectivity index (χ4v) is 3.50. The van der Waals surface area contributed by atoms with Crippen molar-refractivity contribution in [2.24, 2.45) is 0 Å². The van der Waals surface area contributed by atoms with Crippen molar-refractivity contribution in [1.82, 2.24) is 10.6 Å². The zero-order valence-corrected chi connectivity index (χ0v) is 16.0. The van der Waals surface area contributed by atoms with E-state index in [0.29, 0.717) is 23.0 Å². The van der Waals surface area contributed by atoms with Crippen LogP contribution < -0.4 is 10.6 Å². The van der Waals surface area contributed by atoms with Crippen molar-refractivity contribution < 1.29 is 9.53 Å². The van der Waals surface area contributed by atoms with Crippen LogP contribution in [0.5, 0.6) is 0 Å². The maximum Gasteiger partial charge on any atom is 0.338 e. The van der Waals surface area contributed by atoms with Gasteiger partial charge in [-0.15, -0.1) is 0 Å². The van der Waals surface area contributed by atoms with Gasteiger partial charge in [0.05, 0.1) is 23.9 Å². The molecule has 2 aromatic rings. The van der Waals surface area contributed by atoms with E-state index in [-0.39, 0.29) is 5.97 Å². The summed E-state index contributed by atoms with van der Waals surface area (Å²) in [7, 11) is 0. The average molecular weight is 417 g/mol. The number of benzene rings is 2. The molecule has 0 bridgehead atoms. The van der Waals surface area contributed by atoms with E-state index >= 15 is 0 Å². The third-order valence-corrected chi connectivity index (χ3v) is 4.79. The number of thiocarbonyl (C=S) groups is 1. The Morgan fingerprint density at radius 3 is 2.52 bits per heavy atom. The topological polar surface area (TPSA) is 50.4 Å². The van der Waals surface area contributed by atoms with Gasteiger partial charge in [-0.2, -0.15) is 0 Å². The molecule has 0 spiro atoms. The van der Waals surface area contributed by atoms with Gasteiger partial charge in [0.25, 0.3) is 0 Å². The largest absolute Gasteiger partial charge is 0.463 e. The van der Waals surface area contributed by atoms with Crippen molar-refractivity contribution in [2.75, 3.05) is 6.61 Å². The van der Waals surface area contributed by atoms with Crippen LogP contribution in [0.15, 0.2) is 64.6 Å². The molecule has 128 valence electrons. The van der Waals surface area contributed by atoms with Gasteiger partial charge in [-0.05, 0) is 36.3 Å². The molecule has 4 nitrogen and oxygen atoms in total. The smallest absolute Gasteiger partial charge is 0.338 e. The van der Waals surface area contributed by atoms with Crippen molar-refractivity contribution in [3.05, 3.63) is 75.8 Å². The summed E-state index contributed by atoms with van der Waals surface area (Å²) in [6.07, 6.45) is 0. The summed E-state index contributed by atoms with van der Waals surface area (Å²) in [5, 5.41) is 6.78. The highest BCUT2D eigenvalue weighted by Gasteiger charge is 2.33. The van der Waals surface area contributed by atoms with E-state index in [1.54, 1.807) is 6.92 Å². The Hall–Kier alpha value is -2.18. The lowest BCUT2D eigenvalue weighted by atomic mass is 9.93. The van der Waals surface area contributed by atoms with Gasteiger partial charge in [0.15, 0.2) is 5.11 Å². The van der Waals surface area contributed by atoms with Crippen molar-refractivity contribution in [1.29, 1.82) is 0 Å². The Balaban J connectivity index is 2.20. The minimum atomic E-state index is -0.404. The second-order valence-electron chi connectivity index (χ2n) is 5.43. The van der Waals surface area contributed by atoms with E-state index in [1.807, 2.05) is 54.6 Å². The summed E-state index contributed by atoms with van der Waals surface area (Å²) in [5.74, 6) is -0.371. The summed E-state index contributed by atoms with van der Waals surface area (Å²) >= 11 is 8.95. The Morgan fingerprint density at radius 2 is 1.84 bits per heavy atom. The fourth-order valence-electron chi connectivity index (χ4n) is 2.77. The molecular formula is C19H17BrN2O2S. The summed E-state index contributed by atoms with van der Waals surface area (Å²) in [6, 6.07) is 17.0. The zero-order valence-electron chi connectivity index (χ0n) is 13.6. The second kappa shape index (κ2) is 7.80. The van der Waals surface area contributed by atoms with Crippen LogP contribution in [0.1, 0.15) is 24.1 Å². The second-order valence-corrected chi connectivity index (χ2v) is 6.69. The summed E-state index contributed by atoms with van der Waals surface area (Å²) in [5.41, 5.74) is 2.98. The molecule has 0 aliphatic carbocycles. The van der Waals surface area contributed by atoms with E-state index in [9.17, 15) is 4.79 Å². The third kappa shape index (κ3) is 3.75. The molecule has 0 amide bonds. The maximum absolute atomic E-state index is 12.8. The first-order valence-electron chi connectivity index (χ1n) is 7.90. The quantitative estimate of drug-likeness (QED) is 0.583. The van der Waals surface area contributed by atoms with Crippen LogP contribution >= 0.6 is 28.1 Å². The molecule has 1 aliphatic rings. The molecule has 0 radical (unpaired) electrons. The predicted molar refractivity (Wildman–Crippen MR) is 106 cm³/mol. The van der Waals surface area contributed by atoms with Crippen LogP contribution in [0.4, 0.5) is 0 Å². The Bertz CT molecular complexity index is 836. The molecule has 1 aliphatic heterocycles. The third-order valence-electron chi connectivity index (χ3n) is 3.85. The molecule has 0 fully saturated rings. The fraction of sp³-hybridized carbons (Fsp3) is 0.158. The highest BCUT2D eigenvalue weighted by Crippen LogP contribution is 2.35. The van der Waals surface area contributed by atoms with E-state index in [1.165, 1.54) is 0 Å². The summed E-state index contributed by atoms with van der Waals surface area (Å²) in [6.45, 7) is 2.10. The summed E-state index contributed by atoms with van der Waals surface area (Å²) in [4.78, 5) is 12.8. The van der Waals surface area contributed by atoms with Gasteiger partial charge < -0.3 is 15.4 Å². The number of nitrogens with one attached hydrogen (secondary N) is 2. The minimum Gasteiger partial charge on any atom is -0.463 e. The van der Waals surface area contributed by atoms with Crippen molar-refractivity contribution >= 4 is 44.9 Å². The molecule has 6 heteroatoms. The van der Waals surface area contributed by atoms with Crippen LogP contribution in [0.2, 0.25) is 0 Å². The highest BCUT2D eigenvalue weighted by molar-refractivity contribution is 9.10. The van der Waals surface area contributed by atoms with E-state index in [0.717, 1.165) is 15.6 Å². The average Bonchev–Trinajstić information content (AvgIpc) is 2.62. The number of ether oxygens (including phenoxy) is 1. The minimum absolute atomic E-state index is 0.303. The summed E-state index contributed by atoms with van der Waals surface area (Å²) < 4.78 is 6.22. The van der Waals surface area contributed by atoms with Gasteiger partial charge in [-0.3, -0.25) is 0 Å². The Kier molecular flexibility index (Phi) is 5.50. The first-order valence-corrected chi connectivity index (χ1v) is 9.10. The first-order chi connectivity index (χ1) is 12.1. The molecule has 1 heterocycles. The van der Waals surface area contributed by atoms with Gasteiger partial charge in [0.1, 0.15) is 0 Å². The van der Waals surface area contributed by atoms with Gasteiger partial charge in [-0.1, -0.05) is 64.5 Å². The molecule has 2 N–H and O–H groups in total. The number of hydrogen-bond donors (Lipinski definition) is 2. The number of carbonyl (C=O) groups is 1. The molecule has 3 rings (SSSR count). The lowest BCUT2D eigenvalue weighted by Gasteiger charge is -2.31. The number of carbonyl (C=O) groups excluding carboxylic acids is 1. The SMILES string of the molecule is CCOC(=O)C1=C(c2ccccc2)NC(=S)NC1c1ccccc1Br. The molecule has 0 saturated carbocycles. The van der Waals surface area contributed by atoms with Gasteiger partial charge >= 0.3 is 5.97 Å². The molecule has 0 aromatic heterocycles. The van der Waals surface area contributed by atoms with Crippen LogP contribution in [0, 0.1) is 0 Å². The number of rotatable bonds is 4. The van der Waals surface area contributed by atoms with Crippen molar-refractivity contribution in [3.8, 4) is 0 Å². The number of hydrogen-bond acceptors (Lipinski definition) is 3. The van der Waals surface area contributed by atoms with Crippen LogP contribution in [-0.4, -0.2) is 17.7 Å². The van der Waals surface area contributed by atoms with Gasteiger partial charge in [0, 0.05) is 4.47 Å². The van der Waals surface area contributed by atoms with E-state index < -0.39 is 6.04 Å². The normalized spacial score (nSPS) is 16.9.